The fourth-order valence-electron chi connectivity index (χ4n) is 3.63. The minimum Gasteiger partial charge on any atom is -0.494 e. The van der Waals surface area contributed by atoms with Gasteiger partial charge in [-0.2, -0.15) is 13.2 Å². The van der Waals surface area contributed by atoms with Gasteiger partial charge in [0, 0.05) is 45.7 Å². The second-order valence-electron chi connectivity index (χ2n) is 7.90. The molecule has 0 atom stereocenters. The summed E-state index contributed by atoms with van der Waals surface area (Å²) >= 11 is 0. The molecular weight excluding hydrogens is 471 g/mol. The predicted molar refractivity (Wildman–Crippen MR) is 121 cm³/mol. The number of amides is 1. The molecule has 0 saturated carbocycles. The number of carbonyl (C=O) groups is 1. The topological polar surface area (TPSA) is 78.9 Å². The first-order valence-corrected chi connectivity index (χ1v) is 12.5. The van der Waals surface area contributed by atoms with Crippen LogP contribution in [0.3, 0.4) is 0 Å². The fraction of sp³-hybridized carbons (Fsp3) is 0.435. The van der Waals surface area contributed by atoms with Crippen molar-refractivity contribution >= 4 is 15.9 Å². The molecule has 1 heterocycles. The van der Waals surface area contributed by atoms with Crippen LogP contribution in [0, 0.1) is 0 Å². The van der Waals surface area contributed by atoms with Gasteiger partial charge >= 0.3 is 6.18 Å². The Hall–Kier alpha value is -2.63. The van der Waals surface area contributed by atoms with Gasteiger partial charge in [0.2, 0.25) is 15.9 Å². The van der Waals surface area contributed by atoms with E-state index in [0.717, 1.165) is 17.7 Å². The molecule has 34 heavy (non-hydrogen) atoms. The van der Waals surface area contributed by atoms with Crippen LogP contribution in [0.25, 0.3) is 0 Å². The zero-order valence-corrected chi connectivity index (χ0v) is 19.7. The van der Waals surface area contributed by atoms with Crippen LogP contribution < -0.4 is 9.46 Å². The third-order valence-corrected chi connectivity index (χ3v) is 6.97. The lowest BCUT2D eigenvalue weighted by Gasteiger charge is -2.34. The first-order chi connectivity index (χ1) is 16.1. The third kappa shape index (κ3) is 7.18. The highest BCUT2D eigenvalue weighted by molar-refractivity contribution is 7.89. The second kappa shape index (κ2) is 11.2. The van der Waals surface area contributed by atoms with E-state index in [4.69, 9.17) is 4.74 Å². The van der Waals surface area contributed by atoms with Crippen molar-refractivity contribution in [3.63, 3.8) is 0 Å². The highest BCUT2D eigenvalue weighted by Crippen LogP contribution is 2.29. The Morgan fingerprint density at radius 1 is 1.00 bits per heavy atom. The van der Waals surface area contributed by atoms with Crippen LogP contribution in [0.4, 0.5) is 13.2 Å². The number of rotatable bonds is 9. The van der Waals surface area contributed by atoms with Crippen molar-refractivity contribution < 1.29 is 31.1 Å². The monoisotopic (exact) mass is 499 g/mol. The molecule has 11 heteroatoms. The molecule has 0 spiro atoms. The summed E-state index contributed by atoms with van der Waals surface area (Å²) in [5.74, 6) is 0.428. The molecule has 2 aromatic rings. The summed E-state index contributed by atoms with van der Waals surface area (Å²) in [6.07, 6.45) is -4.32. The maximum Gasteiger partial charge on any atom is 0.416 e. The van der Waals surface area contributed by atoms with Crippen LogP contribution in [-0.2, 0) is 27.5 Å². The van der Waals surface area contributed by atoms with E-state index in [-0.39, 0.29) is 23.8 Å². The van der Waals surface area contributed by atoms with E-state index in [1.54, 1.807) is 17.0 Å². The van der Waals surface area contributed by atoms with Crippen LogP contribution in [0.1, 0.15) is 24.5 Å². The van der Waals surface area contributed by atoms with Gasteiger partial charge in [-0.1, -0.05) is 12.1 Å². The number of ether oxygens (including phenoxy) is 1. The molecule has 1 saturated heterocycles. The smallest absolute Gasteiger partial charge is 0.416 e. The van der Waals surface area contributed by atoms with Gasteiger partial charge < -0.3 is 9.64 Å². The lowest BCUT2D eigenvalue weighted by molar-refractivity contribution is -0.137. The molecular formula is C23H28F3N3O4S. The standard InChI is InChI=1S/C23H28F3N3O4S/c1-2-33-20-7-9-21(10-8-20)34(31,32)27-12-11-22(30)29-15-13-28(14-16-29)17-18-3-5-19(6-4-18)23(24,25)26/h3-10,27H,2,11-17H2,1H3. The summed E-state index contributed by atoms with van der Waals surface area (Å²) in [4.78, 5) is 16.3. The predicted octanol–water partition coefficient (Wildman–Crippen LogP) is 3.12. The van der Waals surface area contributed by atoms with E-state index in [1.807, 2.05) is 6.92 Å². The van der Waals surface area contributed by atoms with Crippen molar-refractivity contribution in [3.8, 4) is 5.75 Å². The molecule has 7 nitrogen and oxygen atoms in total. The number of sulfonamides is 1. The molecule has 1 aliphatic rings. The van der Waals surface area contributed by atoms with E-state index in [9.17, 15) is 26.4 Å². The van der Waals surface area contributed by atoms with Crippen LogP contribution in [-0.4, -0.2) is 63.5 Å². The Morgan fingerprint density at radius 3 is 2.18 bits per heavy atom. The summed E-state index contributed by atoms with van der Waals surface area (Å²) in [7, 11) is -3.73. The van der Waals surface area contributed by atoms with E-state index < -0.39 is 21.8 Å². The van der Waals surface area contributed by atoms with Crippen molar-refractivity contribution in [3.05, 3.63) is 59.7 Å². The lowest BCUT2D eigenvalue weighted by Crippen LogP contribution is -2.48. The van der Waals surface area contributed by atoms with Gasteiger partial charge in [0.05, 0.1) is 17.1 Å². The van der Waals surface area contributed by atoms with Crippen LogP contribution in [0.2, 0.25) is 0 Å². The van der Waals surface area contributed by atoms with Gasteiger partial charge in [-0.3, -0.25) is 9.69 Å². The molecule has 1 aliphatic heterocycles. The maximum atomic E-state index is 12.7. The number of benzene rings is 2. The summed E-state index contributed by atoms with van der Waals surface area (Å²) < 4.78 is 70.6. The number of nitrogens with zero attached hydrogens (tertiary/aromatic N) is 2. The van der Waals surface area contributed by atoms with Crippen LogP contribution >= 0.6 is 0 Å². The number of halogens is 3. The maximum absolute atomic E-state index is 12.7. The molecule has 0 radical (unpaired) electrons. The molecule has 0 aromatic heterocycles. The number of piperazine rings is 1. The number of carbonyl (C=O) groups excluding carboxylic acids is 1. The summed E-state index contributed by atoms with van der Waals surface area (Å²) in [6, 6.07) is 11.1. The number of hydrogen-bond donors (Lipinski definition) is 1. The molecule has 0 aliphatic carbocycles. The Labute approximate surface area is 197 Å². The first-order valence-electron chi connectivity index (χ1n) is 11.0. The fourth-order valence-corrected chi connectivity index (χ4v) is 4.66. The quantitative estimate of drug-likeness (QED) is 0.574. The van der Waals surface area contributed by atoms with Gasteiger partial charge in [-0.25, -0.2) is 13.1 Å². The summed E-state index contributed by atoms with van der Waals surface area (Å²) in [6.45, 7) is 4.94. The lowest BCUT2D eigenvalue weighted by atomic mass is 10.1. The highest BCUT2D eigenvalue weighted by atomic mass is 32.2. The normalized spacial score (nSPS) is 15.4. The highest BCUT2D eigenvalue weighted by Gasteiger charge is 2.30. The Kier molecular flexibility index (Phi) is 8.56. The summed E-state index contributed by atoms with van der Waals surface area (Å²) in [5, 5.41) is 0. The molecule has 0 bridgehead atoms. The van der Waals surface area contributed by atoms with Gasteiger partial charge in [0.25, 0.3) is 0 Å². The molecule has 0 unspecified atom stereocenters. The van der Waals surface area contributed by atoms with Crippen LogP contribution in [0.5, 0.6) is 5.75 Å². The van der Waals surface area contributed by atoms with Crippen molar-refractivity contribution in [2.45, 2.75) is 31.0 Å². The average molecular weight is 500 g/mol. The van der Waals surface area contributed by atoms with Gasteiger partial charge in [0.15, 0.2) is 0 Å². The van der Waals surface area contributed by atoms with Gasteiger partial charge in [0.1, 0.15) is 5.75 Å². The van der Waals surface area contributed by atoms with E-state index in [1.165, 1.54) is 24.3 Å². The van der Waals surface area contributed by atoms with Crippen molar-refractivity contribution in [2.75, 3.05) is 39.3 Å². The number of nitrogens with one attached hydrogen (secondary N) is 1. The second-order valence-corrected chi connectivity index (χ2v) is 9.67. The number of alkyl halides is 3. The molecule has 3 rings (SSSR count). The van der Waals surface area contributed by atoms with Crippen molar-refractivity contribution in [2.24, 2.45) is 0 Å². The molecule has 1 fully saturated rings. The minimum absolute atomic E-state index is 0.0137. The molecule has 1 N–H and O–H groups in total. The van der Waals surface area contributed by atoms with Crippen molar-refractivity contribution in [1.29, 1.82) is 0 Å². The molecule has 186 valence electrons. The molecule has 1 amide bonds. The largest absolute Gasteiger partial charge is 0.494 e. The summed E-state index contributed by atoms with van der Waals surface area (Å²) in [5.41, 5.74) is 0.0984. The molecule has 2 aromatic carbocycles. The SMILES string of the molecule is CCOc1ccc(S(=O)(=O)NCCC(=O)N2CCN(Cc3ccc(C(F)(F)F)cc3)CC2)cc1. The Balaban J connectivity index is 1.41. The zero-order chi connectivity index (χ0) is 24.8. The average Bonchev–Trinajstić information content (AvgIpc) is 2.80. The Morgan fingerprint density at radius 2 is 1.62 bits per heavy atom. The van der Waals surface area contributed by atoms with E-state index in [2.05, 4.69) is 9.62 Å². The van der Waals surface area contributed by atoms with Crippen molar-refractivity contribution in [1.82, 2.24) is 14.5 Å². The Bertz CT molecular complexity index is 1050. The van der Waals surface area contributed by atoms with Gasteiger partial charge in [-0.05, 0) is 48.9 Å². The third-order valence-electron chi connectivity index (χ3n) is 5.49. The zero-order valence-electron chi connectivity index (χ0n) is 18.8. The van der Waals surface area contributed by atoms with Crippen LogP contribution in [0.15, 0.2) is 53.4 Å². The number of hydrogen-bond acceptors (Lipinski definition) is 5. The first kappa shape index (κ1) is 26.0. The van der Waals surface area contributed by atoms with E-state index >= 15 is 0 Å². The van der Waals surface area contributed by atoms with E-state index in [0.29, 0.717) is 45.1 Å². The van der Waals surface area contributed by atoms with Gasteiger partial charge in [-0.15, -0.1) is 0 Å². The minimum atomic E-state index is -4.35.